The van der Waals surface area contributed by atoms with E-state index >= 15 is 0 Å². The second kappa shape index (κ2) is 6.00. The zero-order valence-corrected chi connectivity index (χ0v) is 10.9. The number of amides is 3. The van der Waals surface area contributed by atoms with Crippen molar-refractivity contribution in [1.82, 2.24) is 10.2 Å². The van der Waals surface area contributed by atoms with Gasteiger partial charge in [0.2, 0.25) is 0 Å². The van der Waals surface area contributed by atoms with Crippen molar-refractivity contribution in [3.8, 4) is 0 Å². The Kier molecular flexibility index (Phi) is 4.93. The largest absolute Gasteiger partial charge is 0.380 e. The van der Waals surface area contributed by atoms with Gasteiger partial charge in [-0.3, -0.25) is 10.1 Å². The average Bonchev–Trinajstić information content (AvgIpc) is 2.56. The molecule has 0 saturated carbocycles. The van der Waals surface area contributed by atoms with Crippen LogP contribution in [-0.4, -0.2) is 42.1 Å². The first-order valence-electron chi connectivity index (χ1n) is 6.33. The molecule has 0 spiro atoms. The lowest BCUT2D eigenvalue weighted by molar-refractivity contribution is -0.127. The van der Waals surface area contributed by atoms with Crippen LogP contribution in [-0.2, 0) is 9.53 Å². The minimum absolute atomic E-state index is 0.178. The number of ether oxygens (including phenoxy) is 1. The lowest BCUT2D eigenvalue weighted by Gasteiger charge is -2.33. The second-order valence-electron chi connectivity index (χ2n) is 4.26. The summed E-state index contributed by atoms with van der Waals surface area (Å²) < 4.78 is 5.38. The normalized spacial score (nSPS) is 18.6. The number of urea groups is 1. The number of carbonyl (C=O) groups is 2. The third kappa shape index (κ3) is 2.60. The highest BCUT2D eigenvalue weighted by Gasteiger charge is 2.49. The minimum atomic E-state index is -0.674. The van der Waals surface area contributed by atoms with E-state index in [1.165, 1.54) is 0 Å². The van der Waals surface area contributed by atoms with Crippen LogP contribution < -0.4 is 5.32 Å². The molecule has 3 amide bonds. The molecule has 0 aromatic carbocycles. The highest BCUT2D eigenvalue weighted by Crippen LogP contribution is 2.28. The average molecular weight is 242 g/mol. The highest BCUT2D eigenvalue weighted by atomic mass is 16.5. The molecule has 0 aromatic heterocycles. The summed E-state index contributed by atoms with van der Waals surface area (Å²) >= 11 is 0. The summed E-state index contributed by atoms with van der Waals surface area (Å²) in [6.07, 6.45) is 2.22. The topological polar surface area (TPSA) is 58.6 Å². The maximum Gasteiger partial charge on any atom is 0.325 e. The Hall–Kier alpha value is -1.10. The molecule has 0 radical (unpaired) electrons. The first kappa shape index (κ1) is 14.0. The summed E-state index contributed by atoms with van der Waals surface area (Å²) in [5.74, 6) is -0.178. The van der Waals surface area contributed by atoms with Gasteiger partial charge in [-0.25, -0.2) is 4.79 Å². The molecule has 0 unspecified atom stereocenters. The fourth-order valence-electron chi connectivity index (χ4n) is 2.27. The molecule has 0 bridgehead atoms. The van der Waals surface area contributed by atoms with Gasteiger partial charge in [0.25, 0.3) is 5.91 Å². The van der Waals surface area contributed by atoms with Gasteiger partial charge in [-0.2, -0.15) is 0 Å². The van der Waals surface area contributed by atoms with Gasteiger partial charge >= 0.3 is 6.03 Å². The molecule has 1 aliphatic rings. The predicted octanol–water partition coefficient (Wildman–Crippen LogP) is 1.52. The Morgan fingerprint density at radius 3 is 2.35 bits per heavy atom. The fourth-order valence-corrected chi connectivity index (χ4v) is 2.27. The van der Waals surface area contributed by atoms with Gasteiger partial charge in [0.15, 0.2) is 0 Å². The van der Waals surface area contributed by atoms with Crippen molar-refractivity contribution in [2.24, 2.45) is 0 Å². The van der Waals surface area contributed by atoms with Crippen LogP contribution in [0, 0.1) is 0 Å². The summed E-state index contributed by atoms with van der Waals surface area (Å²) in [6.45, 7) is 7.54. The summed E-state index contributed by atoms with van der Waals surface area (Å²) in [4.78, 5) is 25.2. The molecule has 0 aliphatic carbocycles. The van der Waals surface area contributed by atoms with E-state index in [9.17, 15) is 9.59 Å². The first-order chi connectivity index (χ1) is 8.12. The maximum atomic E-state index is 11.9. The van der Waals surface area contributed by atoms with Crippen LogP contribution in [0.2, 0.25) is 0 Å². The second-order valence-corrected chi connectivity index (χ2v) is 4.26. The fraction of sp³-hybridized carbons (Fsp3) is 0.833. The van der Waals surface area contributed by atoms with Crippen LogP contribution in [0.25, 0.3) is 0 Å². The number of hydrogen-bond acceptors (Lipinski definition) is 3. The van der Waals surface area contributed by atoms with Gasteiger partial charge in [-0.1, -0.05) is 20.8 Å². The number of carbonyl (C=O) groups excluding carboxylic acids is 2. The smallest absolute Gasteiger partial charge is 0.325 e. The molecular formula is C12H22N2O3. The van der Waals surface area contributed by atoms with E-state index < -0.39 is 5.54 Å². The zero-order chi connectivity index (χ0) is 12.9. The van der Waals surface area contributed by atoms with Gasteiger partial charge in [-0.15, -0.1) is 0 Å². The van der Waals surface area contributed by atoms with Crippen molar-refractivity contribution in [3.63, 3.8) is 0 Å². The van der Waals surface area contributed by atoms with E-state index in [0.29, 0.717) is 32.6 Å². The Balaban J connectivity index is 2.66. The minimum Gasteiger partial charge on any atom is -0.380 e. The van der Waals surface area contributed by atoms with E-state index in [-0.39, 0.29) is 11.9 Å². The van der Waals surface area contributed by atoms with Gasteiger partial charge in [0.1, 0.15) is 5.54 Å². The van der Waals surface area contributed by atoms with Gasteiger partial charge in [0.05, 0.1) is 6.61 Å². The van der Waals surface area contributed by atoms with Crippen LogP contribution >= 0.6 is 0 Å². The summed E-state index contributed by atoms with van der Waals surface area (Å²) in [5, 5.41) is 2.39. The Labute approximate surface area is 102 Å². The van der Waals surface area contributed by atoms with Gasteiger partial charge in [-0.05, 0) is 19.3 Å². The van der Waals surface area contributed by atoms with Crippen LogP contribution in [0.3, 0.4) is 0 Å². The molecule has 17 heavy (non-hydrogen) atoms. The number of hydrogen-bond donors (Lipinski definition) is 1. The monoisotopic (exact) mass is 242 g/mol. The molecular weight excluding hydrogens is 220 g/mol. The zero-order valence-electron chi connectivity index (χ0n) is 10.9. The molecule has 5 nitrogen and oxygen atoms in total. The quantitative estimate of drug-likeness (QED) is 0.544. The van der Waals surface area contributed by atoms with Gasteiger partial charge in [0, 0.05) is 13.2 Å². The van der Waals surface area contributed by atoms with Crippen molar-refractivity contribution in [1.29, 1.82) is 0 Å². The van der Waals surface area contributed by atoms with Crippen molar-refractivity contribution in [3.05, 3.63) is 0 Å². The number of nitrogens with zero attached hydrogens (tertiary/aromatic N) is 1. The van der Waals surface area contributed by atoms with Crippen molar-refractivity contribution in [2.75, 3.05) is 19.8 Å². The third-order valence-electron chi connectivity index (χ3n) is 3.38. The standard InChI is InChI=1S/C12H22N2O3/c1-4-8-17-9-7-14-11(16)13-10(15)12(14,5-2)6-3/h4-9H2,1-3H3,(H,13,15,16). The number of imide groups is 1. The first-order valence-corrected chi connectivity index (χ1v) is 6.33. The lowest BCUT2D eigenvalue weighted by Crippen LogP contribution is -2.49. The van der Waals surface area contributed by atoms with Crippen LogP contribution in [0.1, 0.15) is 40.0 Å². The molecule has 98 valence electrons. The van der Waals surface area contributed by atoms with Crippen LogP contribution in [0.15, 0.2) is 0 Å². The Morgan fingerprint density at radius 2 is 1.82 bits per heavy atom. The van der Waals surface area contributed by atoms with Gasteiger partial charge < -0.3 is 9.64 Å². The predicted molar refractivity (Wildman–Crippen MR) is 64.7 cm³/mol. The molecule has 5 heteroatoms. The van der Waals surface area contributed by atoms with Crippen molar-refractivity contribution >= 4 is 11.9 Å². The summed E-state index contributed by atoms with van der Waals surface area (Å²) in [6, 6.07) is -0.293. The molecule has 0 aromatic rings. The molecule has 1 aliphatic heterocycles. The van der Waals surface area contributed by atoms with E-state index in [1.807, 2.05) is 20.8 Å². The van der Waals surface area contributed by atoms with Crippen molar-refractivity contribution < 1.29 is 14.3 Å². The Morgan fingerprint density at radius 1 is 1.18 bits per heavy atom. The lowest BCUT2D eigenvalue weighted by atomic mass is 9.91. The summed E-state index contributed by atoms with van der Waals surface area (Å²) in [5.41, 5.74) is -0.674. The highest BCUT2D eigenvalue weighted by molar-refractivity contribution is 6.06. The number of nitrogens with one attached hydrogen (secondary N) is 1. The maximum absolute atomic E-state index is 11.9. The number of rotatable bonds is 7. The van der Waals surface area contributed by atoms with E-state index in [0.717, 1.165) is 6.42 Å². The molecule has 1 heterocycles. The van der Waals surface area contributed by atoms with E-state index in [4.69, 9.17) is 4.74 Å². The molecule has 0 atom stereocenters. The van der Waals surface area contributed by atoms with Crippen LogP contribution in [0.4, 0.5) is 4.79 Å². The summed E-state index contributed by atoms with van der Waals surface area (Å²) in [7, 11) is 0. The molecule has 1 N–H and O–H groups in total. The van der Waals surface area contributed by atoms with E-state index in [1.54, 1.807) is 4.90 Å². The SMILES string of the molecule is CCCOCCN1C(=O)NC(=O)C1(CC)CC. The van der Waals surface area contributed by atoms with Crippen molar-refractivity contribution in [2.45, 2.75) is 45.6 Å². The third-order valence-corrected chi connectivity index (χ3v) is 3.38. The Bertz CT molecular complexity index is 287. The van der Waals surface area contributed by atoms with E-state index in [2.05, 4.69) is 5.32 Å². The molecule has 1 fully saturated rings. The van der Waals surface area contributed by atoms with Crippen LogP contribution in [0.5, 0.6) is 0 Å². The molecule has 1 rings (SSSR count). The molecule has 1 saturated heterocycles.